The molecular weight excluding hydrogens is 204 g/mol. The van der Waals surface area contributed by atoms with E-state index >= 15 is 0 Å². The topological polar surface area (TPSA) is 28.9 Å². The van der Waals surface area contributed by atoms with Gasteiger partial charge >= 0.3 is 0 Å². The number of rotatable bonds is 1. The summed E-state index contributed by atoms with van der Waals surface area (Å²) >= 11 is 0. The molecule has 0 aliphatic carbocycles. The third-order valence-electron chi connectivity index (χ3n) is 3.55. The number of furan rings is 1. The molecule has 1 aromatic heterocycles. The van der Waals surface area contributed by atoms with Crippen molar-refractivity contribution in [2.75, 3.05) is 31.1 Å². The van der Waals surface area contributed by atoms with Gasteiger partial charge in [-0.2, -0.15) is 0 Å². The average molecular weight is 222 g/mol. The Balaban J connectivity index is 1.80. The molecule has 0 amide bonds. The first kappa shape index (κ1) is 10.0. The molecule has 3 rings (SSSR count). The molecule has 4 nitrogen and oxygen atoms in total. The fourth-order valence-electron chi connectivity index (χ4n) is 2.55. The van der Waals surface area contributed by atoms with E-state index in [2.05, 4.69) is 23.6 Å². The van der Waals surface area contributed by atoms with Crippen LogP contribution in [0, 0.1) is 0 Å². The minimum Gasteiger partial charge on any atom is -0.486 e. The zero-order valence-corrected chi connectivity index (χ0v) is 9.85. The van der Waals surface area contributed by atoms with E-state index in [1.807, 2.05) is 6.07 Å². The summed E-state index contributed by atoms with van der Waals surface area (Å²) in [4.78, 5) is 4.84. The van der Waals surface area contributed by atoms with Gasteiger partial charge in [-0.05, 0) is 13.8 Å². The molecule has 2 aliphatic heterocycles. The Bertz CT molecular complexity index is 375. The molecule has 0 spiro atoms. The first-order valence-corrected chi connectivity index (χ1v) is 5.96. The van der Waals surface area contributed by atoms with Crippen LogP contribution in [-0.4, -0.2) is 43.2 Å². The highest BCUT2D eigenvalue weighted by Gasteiger charge is 2.35. The van der Waals surface area contributed by atoms with Crippen LogP contribution in [-0.2, 0) is 0 Å². The smallest absolute Gasteiger partial charge is 0.238 e. The Morgan fingerprint density at radius 2 is 2.25 bits per heavy atom. The molecule has 2 aliphatic rings. The number of fused-ring (bicyclic) bond motifs is 3. The Hall–Kier alpha value is -1.16. The summed E-state index contributed by atoms with van der Waals surface area (Å²) in [6.45, 7) is 8.48. The van der Waals surface area contributed by atoms with Crippen LogP contribution in [0.5, 0.6) is 5.75 Å². The minimum atomic E-state index is 0.440. The predicted octanol–water partition coefficient (Wildman–Crippen LogP) is 1.57. The number of piperazine rings is 1. The highest BCUT2D eigenvalue weighted by molar-refractivity contribution is 5.53. The van der Waals surface area contributed by atoms with E-state index in [-0.39, 0.29) is 0 Å². The summed E-state index contributed by atoms with van der Waals surface area (Å²) in [5, 5.41) is 0. The molecule has 0 aromatic carbocycles. The predicted molar refractivity (Wildman–Crippen MR) is 62.0 cm³/mol. The van der Waals surface area contributed by atoms with Crippen LogP contribution >= 0.6 is 0 Å². The quantitative estimate of drug-likeness (QED) is 0.721. The molecule has 1 fully saturated rings. The van der Waals surface area contributed by atoms with Gasteiger partial charge in [-0.15, -0.1) is 0 Å². The lowest BCUT2D eigenvalue weighted by Crippen LogP contribution is -2.58. The van der Waals surface area contributed by atoms with Crippen LogP contribution < -0.4 is 9.64 Å². The zero-order chi connectivity index (χ0) is 11.1. The number of nitrogens with zero attached hydrogens (tertiary/aromatic N) is 2. The molecular formula is C12H18N2O2. The molecule has 3 heterocycles. The highest BCUT2D eigenvalue weighted by Crippen LogP contribution is 2.36. The number of anilines is 1. The molecule has 1 atom stereocenters. The van der Waals surface area contributed by atoms with Gasteiger partial charge in [0.05, 0.1) is 12.3 Å². The lowest BCUT2D eigenvalue weighted by molar-refractivity contribution is 0.137. The van der Waals surface area contributed by atoms with Crippen LogP contribution in [0.3, 0.4) is 0 Å². The minimum absolute atomic E-state index is 0.440. The largest absolute Gasteiger partial charge is 0.486 e. The lowest BCUT2D eigenvalue weighted by atomic mass is 10.1. The summed E-state index contributed by atoms with van der Waals surface area (Å²) in [5.74, 6) is 1.81. The SMILES string of the molecule is CC(C)N1CCN2c3occc3OC[C@@H]2C1. The van der Waals surface area contributed by atoms with Crippen molar-refractivity contribution >= 4 is 5.88 Å². The lowest BCUT2D eigenvalue weighted by Gasteiger charge is -2.44. The standard InChI is InChI=1S/C12H18N2O2/c1-9(2)13-4-5-14-10(7-13)8-16-11-3-6-15-12(11)14/h3,6,9-10H,4-5,7-8H2,1-2H3/t10-/m0/s1. The van der Waals surface area contributed by atoms with E-state index in [4.69, 9.17) is 9.15 Å². The van der Waals surface area contributed by atoms with Gasteiger partial charge in [0.15, 0.2) is 5.75 Å². The van der Waals surface area contributed by atoms with Crippen molar-refractivity contribution in [3.63, 3.8) is 0 Å². The molecule has 4 heteroatoms. The molecule has 0 N–H and O–H groups in total. The maximum absolute atomic E-state index is 5.70. The number of hydrogen-bond acceptors (Lipinski definition) is 4. The Morgan fingerprint density at radius 1 is 1.38 bits per heavy atom. The van der Waals surface area contributed by atoms with Gasteiger partial charge in [0.2, 0.25) is 5.88 Å². The van der Waals surface area contributed by atoms with Gasteiger partial charge < -0.3 is 14.1 Å². The number of ether oxygens (including phenoxy) is 1. The van der Waals surface area contributed by atoms with Gasteiger partial charge in [-0.25, -0.2) is 0 Å². The molecule has 0 unspecified atom stereocenters. The summed E-state index contributed by atoms with van der Waals surface area (Å²) in [7, 11) is 0. The van der Waals surface area contributed by atoms with E-state index < -0.39 is 0 Å². The molecule has 1 aromatic rings. The fraction of sp³-hybridized carbons (Fsp3) is 0.667. The van der Waals surface area contributed by atoms with Crippen molar-refractivity contribution in [3.8, 4) is 5.75 Å². The molecule has 16 heavy (non-hydrogen) atoms. The Labute approximate surface area is 95.8 Å². The second kappa shape index (κ2) is 3.70. The van der Waals surface area contributed by atoms with Gasteiger partial charge in [0.1, 0.15) is 6.61 Å². The molecule has 0 saturated carbocycles. The van der Waals surface area contributed by atoms with E-state index in [1.54, 1.807) is 6.26 Å². The number of hydrogen-bond donors (Lipinski definition) is 0. The van der Waals surface area contributed by atoms with Crippen LogP contribution in [0.15, 0.2) is 16.7 Å². The van der Waals surface area contributed by atoms with Crippen LogP contribution in [0.4, 0.5) is 5.88 Å². The van der Waals surface area contributed by atoms with Crippen molar-refractivity contribution in [1.29, 1.82) is 0 Å². The van der Waals surface area contributed by atoms with Crippen molar-refractivity contribution in [2.45, 2.75) is 25.9 Å². The Kier molecular flexibility index (Phi) is 2.32. The zero-order valence-electron chi connectivity index (χ0n) is 9.85. The third kappa shape index (κ3) is 1.48. The van der Waals surface area contributed by atoms with Gasteiger partial charge in [0, 0.05) is 31.7 Å². The molecule has 1 saturated heterocycles. The normalized spacial score (nSPS) is 25.2. The molecule has 0 bridgehead atoms. The average Bonchev–Trinajstić information content (AvgIpc) is 2.76. The van der Waals surface area contributed by atoms with Crippen molar-refractivity contribution in [2.24, 2.45) is 0 Å². The first-order valence-electron chi connectivity index (χ1n) is 5.96. The van der Waals surface area contributed by atoms with Crippen molar-refractivity contribution in [3.05, 3.63) is 12.3 Å². The van der Waals surface area contributed by atoms with Crippen LogP contribution in [0.1, 0.15) is 13.8 Å². The Morgan fingerprint density at radius 3 is 3.06 bits per heavy atom. The second-order valence-electron chi connectivity index (χ2n) is 4.84. The van der Waals surface area contributed by atoms with Gasteiger partial charge in [-0.1, -0.05) is 0 Å². The van der Waals surface area contributed by atoms with Crippen LogP contribution in [0.25, 0.3) is 0 Å². The van der Waals surface area contributed by atoms with E-state index in [1.165, 1.54) is 0 Å². The molecule has 0 radical (unpaired) electrons. The summed E-state index contributed by atoms with van der Waals surface area (Å²) < 4.78 is 11.2. The fourth-order valence-corrected chi connectivity index (χ4v) is 2.55. The van der Waals surface area contributed by atoms with E-state index in [0.717, 1.165) is 37.9 Å². The summed E-state index contributed by atoms with van der Waals surface area (Å²) in [6.07, 6.45) is 1.71. The van der Waals surface area contributed by atoms with Crippen LogP contribution in [0.2, 0.25) is 0 Å². The molecule has 88 valence electrons. The summed E-state index contributed by atoms with van der Waals surface area (Å²) in [6, 6.07) is 2.95. The maximum atomic E-state index is 5.70. The van der Waals surface area contributed by atoms with E-state index in [0.29, 0.717) is 12.1 Å². The first-order chi connectivity index (χ1) is 7.75. The van der Waals surface area contributed by atoms with Crippen molar-refractivity contribution in [1.82, 2.24) is 4.90 Å². The van der Waals surface area contributed by atoms with Gasteiger partial charge in [-0.3, -0.25) is 4.90 Å². The maximum Gasteiger partial charge on any atom is 0.238 e. The monoisotopic (exact) mass is 222 g/mol. The third-order valence-corrected chi connectivity index (χ3v) is 3.55. The van der Waals surface area contributed by atoms with Gasteiger partial charge in [0.25, 0.3) is 0 Å². The van der Waals surface area contributed by atoms with E-state index in [9.17, 15) is 0 Å². The highest BCUT2D eigenvalue weighted by atomic mass is 16.5. The second-order valence-corrected chi connectivity index (χ2v) is 4.84. The van der Waals surface area contributed by atoms with Crippen molar-refractivity contribution < 1.29 is 9.15 Å². The summed E-state index contributed by atoms with van der Waals surface area (Å²) in [5.41, 5.74) is 0.